The van der Waals surface area contributed by atoms with Gasteiger partial charge in [0.25, 0.3) is 5.89 Å². The largest absolute Gasteiger partial charge is 0.384 e. The van der Waals surface area contributed by atoms with E-state index in [0.717, 1.165) is 57.7 Å². The van der Waals surface area contributed by atoms with Crippen LogP contribution in [0.15, 0.2) is 28.8 Å². The van der Waals surface area contributed by atoms with Crippen LogP contribution in [0, 0.1) is 11.2 Å². The van der Waals surface area contributed by atoms with E-state index in [1.165, 1.54) is 12.1 Å². The standard InChI is InChI=1S/C19H22F3N3O/c1-17(21,22)16-24-15(25-26-16)19-8-5-18(6-9-19,7-10-19)12-23-14-4-2-3-13(20)11-14/h2-4,11,23H,5-10,12H2,1H3. The molecule has 1 aromatic heterocycles. The molecule has 3 aliphatic rings. The predicted molar refractivity (Wildman–Crippen MR) is 90.6 cm³/mol. The monoisotopic (exact) mass is 365 g/mol. The van der Waals surface area contributed by atoms with Crippen LogP contribution >= 0.6 is 0 Å². The first-order valence-electron chi connectivity index (χ1n) is 9.02. The quantitative estimate of drug-likeness (QED) is 0.808. The van der Waals surface area contributed by atoms with Crippen LogP contribution in [0.3, 0.4) is 0 Å². The number of aromatic nitrogens is 2. The fourth-order valence-electron chi connectivity index (χ4n) is 4.37. The Hall–Kier alpha value is -2.05. The minimum Gasteiger partial charge on any atom is -0.384 e. The minimum absolute atomic E-state index is 0.162. The van der Waals surface area contributed by atoms with Gasteiger partial charge in [-0.1, -0.05) is 11.2 Å². The van der Waals surface area contributed by atoms with Crippen LogP contribution in [0.2, 0.25) is 0 Å². The van der Waals surface area contributed by atoms with Crippen LogP contribution in [0.1, 0.15) is 57.2 Å². The lowest BCUT2D eigenvalue weighted by Gasteiger charge is -2.52. The number of hydrogen-bond donors (Lipinski definition) is 1. The molecular weight excluding hydrogens is 343 g/mol. The van der Waals surface area contributed by atoms with E-state index in [-0.39, 0.29) is 16.6 Å². The number of alkyl halides is 2. The summed E-state index contributed by atoms with van der Waals surface area (Å²) in [5.74, 6) is -3.53. The number of nitrogens with zero attached hydrogens (tertiary/aromatic N) is 2. The van der Waals surface area contributed by atoms with Crippen molar-refractivity contribution in [2.24, 2.45) is 5.41 Å². The Kier molecular flexibility index (Phi) is 4.00. The minimum atomic E-state index is -3.11. The predicted octanol–water partition coefficient (Wildman–Crippen LogP) is 5.02. The van der Waals surface area contributed by atoms with Gasteiger partial charge in [0.15, 0.2) is 5.82 Å². The highest BCUT2D eigenvalue weighted by atomic mass is 19.3. The number of hydrogen-bond acceptors (Lipinski definition) is 4. The van der Waals surface area contributed by atoms with Gasteiger partial charge in [0.1, 0.15) is 5.82 Å². The van der Waals surface area contributed by atoms with Crippen LogP contribution in [-0.2, 0) is 11.3 Å². The maximum absolute atomic E-state index is 13.4. The SMILES string of the molecule is CC(F)(F)c1nc(C23CCC(CNc4cccc(F)c4)(CC2)CC3)no1. The molecule has 26 heavy (non-hydrogen) atoms. The summed E-state index contributed by atoms with van der Waals surface area (Å²) in [6, 6.07) is 6.48. The lowest BCUT2D eigenvalue weighted by molar-refractivity contribution is -0.0158. The summed E-state index contributed by atoms with van der Waals surface area (Å²) in [6.45, 7) is 1.56. The molecule has 0 amide bonds. The Morgan fingerprint density at radius 1 is 1.15 bits per heavy atom. The second-order valence-corrected chi connectivity index (χ2v) is 7.96. The third-order valence-corrected chi connectivity index (χ3v) is 6.17. The van der Waals surface area contributed by atoms with E-state index in [0.29, 0.717) is 5.82 Å². The van der Waals surface area contributed by atoms with Gasteiger partial charge in [-0.2, -0.15) is 13.8 Å². The molecule has 0 unspecified atom stereocenters. The molecule has 0 radical (unpaired) electrons. The topological polar surface area (TPSA) is 51.0 Å². The summed E-state index contributed by atoms with van der Waals surface area (Å²) >= 11 is 0. The lowest BCUT2D eigenvalue weighted by Crippen LogP contribution is -2.47. The van der Waals surface area contributed by atoms with E-state index in [1.807, 2.05) is 6.07 Å². The van der Waals surface area contributed by atoms with Crippen LogP contribution in [0.25, 0.3) is 0 Å². The molecule has 140 valence electrons. The molecule has 2 aromatic rings. The van der Waals surface area contributed by atoms with Crippen molar-refractivity contribution in [2.75, 3.05) is 11.9 Å². The first kappa shape index (κ1) is 17.4. The third-order valence-electron chi connectivity index (χ3n) is 6.17. The van der Waals surface area contributed by atoms with Crippen LogP contribution < -0.4 is 5.32 Å². The molecule has 5 rings (SSSR count). The van der Waals surface area contributed by atoms with E-state index < -0.39 is 11.8 Å². The fraction of sp³-hybridized carbons (Fsp3) is 0.579. The smallest absolute Gasteiger partial charge is 0.322 e. The number of nitrogens with one attached hydrogen (secondary N) is 1. The molecule has 3 saturated carbocycles. The summed E-state index contributed by atoms with van der Waals surface area (Å²) in [5.41, 5.74) is 0.706. The molecule has 7 heteroatoms. The van der Waals surface area contributed by atoms with Crippen molar-refractivity contribution < 1.29 is 17.7 Å². The van der Waals surface area contributed by atoms with E-state index in [9.17, 15) is 13.2 Å². The van der Waals surface area contributed by atoms with Crippen molar-refractivity contribution in [3.8, 4) is 0 Å². The van der Waals surface area contributed by atoms with Gasteiger partial charge >= 0.3 is 5.92 Å². The molecule has 1 heterocycles. The van der Waals surface area contributed by atoms with Gasteiger partial charge in [-0.05, 0) is 62.1 Å². The zero-order valence-electron chi connectivity index (χ0n) is 14.7. The molecule has 3 aliphatic carbocycles. The molecule has 0 atom stereocenters. The molecular formula is C19H22F3N3O. The number of benzene rings is 1. The van der Waals surface area contributed by atoms with E-state index >= 15 is 0 Å². The van der Waals surface area contributed by atoms with Crippen molar-refractivity contribution in [3.05, 3.63) is 41.8 Å². The maximum atomic E-state index is 13.4. The van der Waals surface area contributed by atoms with Crippen molar-refractivity contribution in [3.63, 3.8) is 0 Å². The van der Waals surface area contributed by atoms with Gasteiger partial charge in [-0.15, -0.1) is 0 Å². The van der Waals surface area contributed by atoms with E-state index in [2.05, 4.69) is 15.5 Å². The zero-order valence-corrected chi connectivity index (χ0v) is 14.7. The molecule has 0 saturated heterocycles. The summed E-state index contributed by atoms with van der Waals surface area (Å²) < 4.78 is 44.9. The lowest BCUT2D eigenvalue weighted by atomic mass is 9.53. The molecule has 4 nitrogen and oxygen atoms in total. The molecule has 0 aliphatic heterocycles. The van der Waals surface area contributed by atoms with Crippen molar-refractivity contribution in [1.29, 1.82) is 0 Å². The van der Waals surface area contributed by atoms with Crippen molar-refractivity contribution in [2.45, 2.75) is 56.8 Å². The van der Waals surface area contributed by atoms with Crippen LogP contribution in [0.4, 0.5) is 18.9 Å². The summed E-state index contributed by atoms with van der Waals surface area (Å²) in [7, 11) is 0. The van der Waals surface area contributed by atoms with Gasteiger partial charge < -0.3 is 9.84 Å². The Balaban J connectivity index is 1.44. The van der Waals surface area contributed by atoms with E-state index in [4.69, 9.17) is 4.52 Å². The number of anilines is 1. The van der Waals surface area contributed by atoms with Crippen LogP contribution in [0.5, 0.6) is 0 Å². The average molecular weight is 365 g/mol. The van der Waals surface area contributed by atoms with E-state index in [1.54, 1.807) is 6.07 Å². The molecule has 0 spiro atoms. The normalized spacial score (nSPS) is 28.3. The van der Waals surface area contributed by atoms with Gasteiger partial charge in [0, 0.05) is 24.6 Å². The summed E-state index contributed by atoms with van der Waals surface area (Å²) in [4.78, 5) is 4.01. The van der Waals surface area contributed by atoms with Gasteiger partial charge in [0.05, 0.1) is 0 Å². The average Bonchev–Trinajstić information content (AvgIpc) is 3.13. The molecule has 1 N–H and O–H groups in total. The Bertz CT molecular complexity index is 775. The zero-order chi connectivity index (χ0) is 18.4. The first-order valence-corrected chi connectivity index (χ1v) is 9.02. The maximum Gasteiger partial charge on any atom is 0.322 e. The summed E-state index contributed by atoms with van der Waals surface area (Å²) in [6.07, 6.45) is 5.52. The highest BCUT2D eigenvalue weighted by molar-refractivity contribution is 5.43. The second kappa shape index (κ2) is 5.99. The second-order valence-electron chi connectivity index (χ2n) is 7.96. The molecule has 1 aromatic carbocycles. The molecule has 2 bridgehead atoms. The van der Waals surface area contributed by atoms with Crippen molar-refractivity contribution >= 4 is 5.69 Å². The number of halogens is 3. The summed E-state index contributed by atoms with van der Waals surface area (Å²) in [5, 5.41) is 7.24. The van der Waals surface area contributed by atoms with Gasteiger partial charge in [-0.25, -0.2) is 4.39 Å². The Labute approximate surface area is 150 Å². The Morgan fingerprint density at radius 3 is 2.42 bits per heavy atom. The van der Waals surface area contributed by atoms with Crippen LogP contribution in [-0.4, -0.2) is 16.7 Å². The molecule has 3 fully saturated rings. The van der Waals surface area contributed by atoms with Gasteiger partial charge in [-0.3, -0.25) is 0 Å². The number of fused-ring (bicyclic) bond motifs is 3. The highest BCUT2D eigenvalue weighted by Crippen LogP contribution is 2.57. The van der Waals surface area contributed by atoms with Gasteiger partial charge in [0.2, 0.25) is 0 Å². The Morgan fingerprint density at radius 2 is 1.85 bits per heavy atom. The first-order chi connectivity index (χ1) is 12.3. The van der Waals surface area contributed by atoms with Crippen molar-refractivity contribution in [1.82, 2.24) is 10.1 Å². The third kappa shape index (κ3) is 3.08. The fourth-order valence-corrected chi connectivity index (χ4v) is 4.37. The highest BCUT2D eigenvalue weighted by Gasteiger charge is 2.52. The number of rotatable bonds is 5.